The van der Waals surface area contributed by atoms with Gasteiger partial charge in [0.25, 0.3) is 0 Å². The Labute approximate surface area is 510 Å². The van der Waals surface area contributed by atoms with Crippen LogP contribution in [0.3, 0.4) is 0 Å². The van der Waals surface area contributed by atoms with Gasteiger partial charge >= 0.3 is 5.97 Å². The fourth-order valence-electron chi connectivity index (χ4n) is 18.0. The van der Waals surface area contributed by atoms with Crippen molar-refractivity contribution in [3.8, 4) is 0 Å². The zero-order valence-electron chi connectivity index (χ0n) is 51.0. The number of esters is 1. The summed E-state index contributed by atoms with van der Waals surface area (Å²) in [5, 5.41) is 184. The molecule has 17 N–H and O–H groups in total. The monoisotopic (exact) mass is 1270 g/mol. The first-order valence-electron chi connectivity index (χ1n) is 31.3. The SMILES string of the molecule is CC1(C)CC[C@@]2(C(=O)O[C@H]3O[C@@H](CO)[C@H](O)[C@@H](O)[C@@H]3O)CC[C@@]3(C)C(=CC[C@H]4[C@]5(C)CC[C@@H](O[C@H]6O[C@@H](CO)[C@H](O)[C@@H](O[C@H]7O[C@@H](CO)[C@H](O)[C@@H](O[C@H]8O[C@@H](CO)[C@H](O)[C@@H](O)[C@@H]8O)[C@@H]7O)[C@@H]6O[C@H]6O[C@@H](CO)[C@H](O)[C@@H](O)[C@@H]6O)C(C)(C)[C@H]5CC[C@@]43C)[C@H]2C1. The predicted octanol–water partition coefficient (Wildman–Crippen LogP) is -4.21. The Kier molecular flexibility index (Phi) is 20.2. The fourth-order valence-corrected chi connectivity index (χ4v) is 18.0. The van der Waals surface area contributed by atoms with E-state index in [4.69, 9.17) is 47.4 Å². The van der Waals surface area contributed by atoms with Crippen LogP contribution in [0.1, 0.15) is 113 Å². The summed E-state index contributed by atoms with van der Waals surface area (Å²) in [6, 6.07) is 0. The molecule has 0 spiro atoms. The van der Waals surface area contributed by atoms with Crippen molar-refractivity contribution < 1.29 is 139 Å². The van der Waals surface area contributed by atoms with Gasteiger partial charge in [0.15, 0.2) is 25.2 Å². The molecule has 0 unspecified atom stereocenters. The summed E-state index contributed by atoms with van der Waals surface area (Å²) in [5.74, 6) is -0.685. The highest BCUT2D eigenvalue weighted by Gasteiger charge is 2.71. The molecule has 0 radical (unpaired) electrons. The zero-order valence-corrected chi connectivity index (χ0v) is 51.0. The smallest absolute Gasteiger partial charge is 0.315 e. The summed E-state index contributed by atoms with van der Waals surface area (Å²) in [4.78, 5) is 14.9. The molecule has 28 heteroatoms. The molecule has 9 fully saturated rings. The van der Waals surface area contributed by atoms with Gasteiger partial charge in [0.05, 0.1) is 44.6 Å². The maximum atomic E-state index is 14.9. The first-order valence-corrected chi connectivity index (χ1v) is 31.3. The van der Waals surface area contributed by atoms with E-state index in [1.807, 2.05) is 0 Å². The van der Waals surface area contributed by atoms with Crippen molar-refractivity contribution >= 4 is 5.97 Å². The maximum Gasteiger partial charge on any atom is 0.315 e. The second kappa shape index (κ2) is 25.7. The normalized spacial score (nSPS) is 53.5. The van der Waals surface area contributed by atoms with Crippen LogP contribution in [0.4, 0.5) is 0 Å². The lowest BCUT2D eigenvalue weighted by Crippen LogP contribution is -2.69. The highest BCUT2D eigenvalue weighted by Crippen LogP contribution is 2.76. The van der Waals surface area contributed by atoms with Crippen LogP contribution in [-0.4, -0.2) is 285 Å². The van der Waals surface area contributed by atoms with Gasteiger partial charge in [-0.1, -0.05) is 60.1 Å². The minimum Gasteiger partial charge on any atom is -0.432 e. The van der Waals surface area contributed by atoms with Gasteiger partial charge in [-0.15, -0.1) is 0 Å². The third-order valence-corrected chi connectivity index (χ3v) is 23.5. The van der Waals surface area contributed by atoms with Gasteiger partial charge in [-0.05, 0) is 109 Å². The largest absolute Gasteiger partial charge is 0.432 e. The van der Waals surface area contributed by atoms with Crippen LogP contribution < -0.4 is 0 Å². The summed E-state index contributed by atoms with van der Waals surface area (Å²) in [6.45, 7) is 11.5. The van der Waals surface area contributed by atoms with Crippen LogP contribution in [-0.2, 0) is 52.2 Å². The van der Waals surface area contributed by atoms with E-state index in [2.05, 4.69) is 54.5 Å². The molecule has 0 amide bonds. The third kappa shape index (κ3) is 11.5. The van der Waals surface area contributed by atoms with Gasteiger partial charge in [0.2, 0.25) is 6.29 Å². The number of carbonyl (C=O) groups excluding carboxylic acids is 1. The first-order chi connectivity index (χ1) is 41.3. The number of carbonyl (C=O) groups is 1. The molecular weight excluding hydrogens is 1170 g/mol. The van der Waals surface area contributed by atoms with E-state index in [-0.39, 0.29) is 39.4 Å². The van der Waals surface area contributed by atoms with Crippen LogP contribution in [0.25, 0.3) is 0 Å². The van der Waals surface area contributed by atoms with Crippen molar-refractivity contribution in [1.82, 2.24) is 0 Å². The average molecular weight is 1270 g/mol. The number of aliphatic hydroxyl groups excluding tert-OH is 17. The molecule has 33 atom stereocenters. The summed E-state index contributed by atoms with van der Waals surface area (Å²) in [6.07, 6.45) is -36.5. The van der Waals surface area contributed by atoms with Gasteiger partial charge in [0.1, 0.15) is 122 Å². The number of hydrogen-bond donors (Lipinski definition) is 17. The van der Waals surface area contributed by atoms with Crippen LogP contribution in [0.2, 0.25) is 0 Å². The molecule has 28 nitrogen and oxygen atoms in total. The Hall–Kier alpha value is -1.83. The van der Waals surface area contributed by atoms with Gasteiger partial charge in [-0.2, -0.15) is 0 Å². The highest BCUT2D eigenvalue weighted by molar-refractivity contribution is 5.79. The molecule has 88 heavy (non-hydrogen) atoms. The molecular formula is C60H98O28. The molecule has 506 valence electrons. The lowest BCUT2D eigenvalue weighted by Gasteiger charge is -2.71. The maximum absolute atomic E-state index is 14.9. The standard InChI is InChI=1S/C60H98O28/c1-55(2)14-16-60(54(78)88-51-44(76)41(73)36(68)28(21-63)81-51)17-15-58(6)24(25(60)18-55)8-9-32-57(5)12-11-33(56(3,4)31(57)10-13-59(32,58)7)84-53-48(87-50-43(75)40(72)35(67)27(20-62)80-50)47(38(70)30(23-65)83-53)86-52-45(77)46(37(69)29(22-64)82-52)85-49-42(74)39(71)34(66)26(19-61)79-49/h8,25-53,61-77H,9-23H2,1-7H3/t25-,26+,27+,28+,29+,30+,31-,32+,33-,34+,35+,36+,37+,38+,39-,40-,41-,42+,43+,44+,45+,46-,47-,48+,49-,50-,51-,52-,53-,57-,58+,59+,60-/m1/s1. The van der Waals surface area contributed by atoms with E-state index >= 15 is 0 Å². The predicted molar refractivity (Wildman–Crippen MR) is 295 cm³/mol. The Morgan fingerprint density at radius 3 is 1.43 bits per heavy atom. The van der Waals surface area contributed by atoms with Crippen molar-refractivity contribution in [2.75, 3.05) is 33.0 Å². The second-order valence-corrected chi connectivity index (χ2v) is 29.1. The van der Waals surface area contributed by atoms with Crippen LogP contribution in [0, 0.1) is 50.2 Å². The van der Waals surface area contributed by atoms with Crippen molar-refractivity contribution in [2.45, 2.75) is 272 Å². The Morgan fingerprint density at radius 2 is 0.898 bits per heavy atom. The van der Waals surface area contributed by atoms with Crippen molar-refractivity contribution in [3.63, 3.8) is 0 Å². The second-order valence-electron chi connectivity index (χ2n) is 29.1. The van der Waals surface area contributed by atoms with Gasteiger partial charge in [-0.3, -0.25) is 4.79 Å². The molecule has 0 aromatic rings. The number of hydrogen-bond acceptors (Lipinski definition) is 28. The van der Waals surface area contributed by atoms with E-state index in [0.717, 1.165) is 19.3 Å². The number of aliphatic hydroxyl groups is 17. The van der Waals surface area contributed by atoms with E-state index in [0.29, 0.717) is 44.9 Å². The molecule has 0 aromatic heterocycles. The van der Waals surface area contributed by atoms with E-state index in [1.54, 1.807) is 0 Å². The van der Waals surface area contributed by atoms with Crippen molar-refractivity contribution in [1.29, 1.82) is 0 Å². The molecule has 0 aromatic carbocycles. The lowest BCUT2D eigenvalue weighted by molar-refractivity contribution is -0.405. The molecule has 0 bridgehead atoms. The number of rotatable bonds is 15. The third-order valence-electron chi connectivity index (χ3n) is 23.5. The Morgan fingerprint density at radius 1 is 0.455 bits per heavy atom. The van der Waals surface area contributed by atoms with E-state index in [1.165, 1.54) is 5.57 Å². The molecule has 4 saturated carbocycles. The molecule has 5 aliphatic heterocycles. The molecule has 10 rings (SSSR count). The molecule has 10 aliphatic rings. The quantitative estimate of drug-likeness (QED) is 0.0420. The average Bonchev–Trinajstić information content (AvgIpc) is 0.706. The summed E-state index contributed by atoms with van der Waals surface area (Å²) >= 11 is 0. The van der Waals surface area contributed by atoms with E-state index in [9.17, 15) is 91.6 Å². The zero-order chi connectivity index (χ0) is 64.3. The minimum atomic E-state index is -2.12. The molecule has 5 aliphatic carbocycles. The number of fused-ring (bicyclic) bond motifs is 7. The topological polar surface area (TPSA) is 453 Å². The minimum absolute atomic E-state index is 0.0203. The van der Waals surface area contributed by atoms with Crippen LogP contribution in [0.5, 0.6) is 0 Å². The lowest BCUT2D eigenvalue weighted by atomic mass is 9.33. The number of allylic oxidation sites excluding steroid dienone is 2. The van der Waals surface area contributed by atoms with E-state index < -0.39 is 209 Å². The van der Waals surface area contributed by atoms with Gasteiger partial charge < -0.3 is 134 Å². The molecule has 5 saturated heterocycles. The fraction of sp³-hybridized carbons (Fsp3) is 0.950. The molecule has 5 heterocycles. The van der Waals surface area contributed by atoms with Crippen LogP contribution in [0.15, 0.2) is 11.6 Å². The van der Waals surface area contributed by atoms with Crippen LogP contribution >= 0.6 is 0 Å². The summed E-state index contributed by atoms with van der Waals surface area (Å²) < 4.78 is 60.9. The van der Waals surface area contributed by atoms with Gasteiger partial charge in [0, 0.05) is 0 Å². The summed E-state index contributed by atoms with van der Waals surface area (Å²) in [7, 11) is 0. The summed E-state index contributed by atoms with van der Waals surface area (Å²) in [5.41, 5.74) is -1.61. The van der Waals surface area contributed by atoms with Crippen molar-refractivity contribution in [3.05, 3.63) is 11.6 Å². The van der Waals surface area contributed by atoms with Crippen molar-refractivity contribution in [2.24, 2.45) is 50.2 Å². The van der Waals surface area contributed by atoms with Gasteiger partial charge in [-0.25, -0.2) is 0 Å². The number of ether oxygens (including phenoxy) is 10. The Bertz CT molecular complexity index is 2430. The first kappa shape index (κ1) is 69.0. The Balaban J connectivity index is 0.928. The highest BCUT2D eigenvalue weighted by atomic mass is 16.8.